The molecule has 0 aliphatic carbocycles. The van der Waals surface area contributed by atoms with E-state index in [2.05, 4.69) is 10.3 Å². The van der Waals surface area contributed by atoms with Crippen LogP contribution in [-0.2, 0) is 6.61 Å². The molecule has 0 amide bonds. The number of halogens is 1. The second-order valence-electron chi connectivity index (χ2n) is 3.39. The zero-order valence-electron chi connectivity index (χ0n) is 9.61. The molecule has 0 radical (unpaired) electrons. The number of ether oxygens (including phenoxy) is 1. The molecule has 0 spiro atoms. The Labute approximate surface area is 103 Å². The van der Waals surface area contributed by atoms with E-state index >= 15 is 0 Å². The van der Waals surface area contributed by atoms with Crippen molar-refractivity contribution in [3.05, 3.63) is 41.7 Å². The summed E-state index contributed by atoms with van der Waals surface area (Å²) in [4.78, 5) is 3.94. The first kappa shape index (κ1) is 11.9. The molecule has 0 aliphatic heterocycles. The summed E-state index contributed by atoms with van der Waals surface area (Å²) in [6, 6.07) is 7.50. The minimum Gasteiger partial charge on any atom is -0.484 e. The SMILES string of the molecule is CNc1oc(COc2ccc(F)cc2)nc1C#N. The molecule has 0 bridgehead atoms. The quantitative estimate of drug-likeness (QED) is 0.897. The zero-order chi connectivity index (χ0) is 13.0. The Morgan fingerprint density at radius 1 is 1.44 bits per heavy atom. The normalized spacial score (nSPS) is 9.83. The van der Waals surface area contributed by atoms with Crippen LogP contribution in [0.25, 0.3) is 0 Å². The lowest BCUT2D eigenvalue weighted by Gasteiger charge is -2.02. The fourth-order valence-electron chi connectivity index (χ4n) is 1.35. The molecule has 0 saturated heterocycles. The van der Waals surface area contributed by atoms with Gasteiger partial charge in [-0.3, -0.25) is 0 Å². The Morgan fingerprint density at radius 2 is 2.17 bits per heavy atom. The second kappa shape index (κ2) is 5.19. The number of rotatable bonds is 4. The number of aromatic nitrogens is 1. The van der Waals surface area contributed by atoms with E-state index in [0.717, 1.165) is 0 Å². The summed E-state index contributed by atoms with van der Waals surface area (Å²) in [7, 11) is 1.63. The Kier molecular flexibility index (Phi) is 3.44. The van der Waals surface area contributed by atoms with Crippen molar-refractivity contribution in [3.8, 4) is 11.8 Å². The van der Waals surface area contributed by atoms with Crippen molar-refractivity contribution in [2.45, 2.75) is 6.61 Å². The molecule has 2 rings (SSSR count). The van der Waals surface area contributed by atoms with Crippen molar-refractivity contribution in [2.75, 3.05) is 12.4 Å². The monoisotopic (exact) mass is 247 g/mol. The van der Waals surface area contributed by atoms with Crippen molar-refractivity contribution in [2.24, 2.45) is 0 Å². The van der Waals surface area contributed by atoms with Crippen LogP contribution in [0.4, 0.5) is 10.3 Å². The number of benzene rings is 1. The Morgan fingerprint density at radius 3 is 2.72 bits per heavy atom. The predicted molar refractivity (Wildman–Crippen MR) is 61.5 cm³/mol. The summed E-state index contributed by atoms with van der Waals surface area (Å²) in [5.41, 5.74) is 0.176. The highest BCUT2D eigenvalue weighted by atomic mass is 19.1. The number of nitrogens with zero attached hydrogens (tertiary/aromatic N) is 2. The third kappa shape index (κ3) is 2.58. The van der Waals surface area contributed by atoms with E-state index in [9.17, 15) is 4.39 Å². The van der Waals surface area contributed by atoms with Gasteiger partial charge >= 0.3 is 0 Å². The Hall–Kier alpha value is -2.55. The molecule has 0 atom stereocenters. The van der Waals surface area contributed by atoms with Crippen LogP contribution in [0.3, 0.4) is 0 Å². The smallest absolute Gasteiger partial charge is 0.236 e. The van der Waals surface area contributed by atoms with E-state index < -0.39 is 0 Å². The van der Waals surface area contributed by atoms with Crippen LogP contribution in [0, 0.1) is 17.1 Å². The van der Waals surface area contributed by atoms with Gasteiger partial charge in [0.2, 0.25) is 17.5 Å². The summed E-state index contributed by atoms with van der Waals surface area (Å²) >= 11 is 0. The topological polar surface area (TPSA) is 71.1 Å². The minimum absolute atomic E-state index is 0.0714. The summed E-state index contributed by atoms with van der Waals surface area (Å²) in [5.74, 6) is 0.747. The summed E-state index contributed by atoms with van der Waals surface area (Å²) < 4.78 is 23.3. The van der Waals surface area contributed by atoms with E-state index in [1.165, 1.54) is 24.3 Å². The Bertz CT molecular complexity index is 572. The number of hydrogen-bond acceptors (Lipinski definition) is 5. The zero-order valence-corrected chi connectivity index (χ0v) is 9.61. The molecule has 1 N–H and O–H groups in total. The third-order valence-electron chi connectivity index (χ3n) is 2.18. The van der Waals surface area contributed by atoms with Crippen LogP contribution < -0.4 is 10.1 Å². The van der Waals surface area contributed by atoms with Crippen molar-refractivity contribution in [1.82, 2.24) is 4.98 Å². The standard InChI is InChI=1S/C12H10FN3O2/c1-15-12-10(6-14)16-11(18-12)7-17-9-4-2-8(13)3-5-9/h2-5,15H,7H2,1H3. The van der Waals surface area contributed by atoms with Gasteiger partial charge in [-0.05, 0) is 24.3 Å². The molecule has 6 heteroatoms. The molecule has 0 fully saturated rings. The average Bonchev–Trinajstić information content (AvgIpc) is 2.80. The molecule has 0 aliphatic rings. The van der Waals surface area contributed by atoms with E-state index in [1.807, 2.05) is 6.07 Å². The van der Waals surface area contributed by atoms with E-state index in [4.69, 9.17) is 14.4 Å². The van der Waals surface area contributed by atoms with Crippen LogP contribution in [0.1, 0.15) is 11.6 Å². The lowest BCUT2D eigenvalue weighted by atomic mass is 10.3. The predicted octanol–water partition coefficient (Wildman–Crippen LogP) is 2.31. The number of nitrogens with one attached hydrogen (secondary N) is 1. The molecular weight excluding hydrogens is 237 g/mol. The molecule has 92 valence electrons. The van der Waals surface area contributed by atoms with Gasteiger partial charge in [0.25, 0.3) is 0 Å². The third-order valence-corrected chi connectivity index (χ3v) is 2.18. The number of hydrogen-bond donors (Lipinski definition) is 1. The van der Waals surface area contributed by atoms with E-state index in [0.29, 0.717) is 11.6 Å². The minimum atomic E-state index is -0.331. The van der Waals surface area contributed by atoms with Crippen molar-refractivity contribution in [1.29, 1.82) is 5.26 Å². The Balaban J connectivity index is 2.04. The molecule has 1 heterocycles. The maximum Gasteiger partial charge on any atom is 0.236 e. The number of anilines is 1. The summed E-state index contributed by atoms with van der Waals surface area (Å²) in [6.45, 7) is 0.0714. The van der Waals surface area contributed by atoms with Gasteiger partial charge in [-0.2, -0.15) is 10.2 Å². The van der Waals surface area contributed by atoms with Gasteiger partial charge in [0.15, 0.2) is 6.61 Å². The first-order valence-electron chi connectivity index (χ1n) is 5.19. The van der Waals surface area contributed by atoms with Gasteiger partial charge in [0.05, 0.1) is 0 Å². The molecule has 18 heavy (non-hydrogen) atoms. The van der Waals surface area contributed by atoms with Gasteiger partial charge in [0.1, 0.15) is 17.6 Å². The highest BCUT2D eigenvalue weighted by molar-refractivity contribution is 5.44. The molecule has 1 aromatic carbocycles. The lowest BCUT2D eigenvalue weighted by Crippen LogP contribution is -1.95. The molecule has 2 aromatic rings. The van der Waals surface area contributed by atoms with Crippen LogP contribution in [0.15, 0.2) is 28.7 Å². The fourth-order valence-corrected chi connectivity index (χ4v) is 1.35. The number of oxazole rings is 1. The van der Waals surface area contributed by atoms with E-state index in [-0.39, 0.29) is 24.0 Å². The summed E-state index contributed by atoms with van der Waals surface area (Å²) in [6.07, 6.45) is 0. The summed E-state index contributed by atoms with van der Waals surface area (Å²) in [5, 5.41) is 11.5. The van der Waals surface area contributed by atoms with Gasteiger partial charge < -0.3 is 14.5 Å². The first-order chi connectivity index (χ1) is 8.72. The number of nitriles is 1. The fraction of sp³-hybridized carbons (Fsp3) is 0.167. The van der Waals surface area contributed by atoms with Crippen LogP contribution in [0.2, 0.25) is 0 Å². The maximum atomic E-state index is 12.7. The average molecular weight is 247 g/mol. The molecule has 5 nitrogen and oxygen atoms in total. The van der Waals surface area contributed by atoms with Gasteiger partial charge in [0, 0.05) is 7.05 Å². The van der Waals surface area contributed by atoms with Crippen molar-refractivity contribution >= 4 is 5.88 Å². The van der Waals surface area contributed by atoms with Gasteiger partial charge in [-0.25, -0.2) is 4.39 Å². The second-order valence-corrected chi connectivity index (χ2v) is 3.39. The molecule has 0 saturated carbocycles. The largest absolute Gasteiger partial charge is 0.484 e. The first-order valence-corrected chi connectivity index (χ1v) is 5.19. The van der Waals surface area contributed by atoms with Crippen molar-refractivity contribution in [3.63, 3.8) is 0 Å². The van der Waals surface area contributed by atoms with Gasteiger partial charge in [-0.15, -0.1) is 0 Å². The van der Waals surface area contributed by atoms with Crippen LogP contribution in [-0.4, -0.2) is 12.0 Å². The van der Waals surface area contributed by atoms with Crippen molar-refractivity contribution < 1.29 is 13.5 Å². The highest BCUT2D eigenvalue weighted by Gasteiger charge is 2.11. The molecule has 0 unspecified atom stereocenters. The van der Waals surface area contributed by atoms with E-state index in [1.54, 1.807) is 7.05 Å². The molecule has 1 aromatic heterocycles. The molecular formula is C12H10FN3O2. The highest BCUT2D eigenvalue weighted by Crippen LogP contribution is 2.18. The van der Waals surface area contributed by atoms with Crippen LogP contribution >= 0.6 is 0 Å². The maximum absolute atomic E-state index is 12.7. The van der Waals surface area contributed by atoms with Gasteiger partial charge in [-0.1, -0.05) is 0 Å². The lowest BCUT2D eigenvalue weighted by molar-refractivity contribution is 0.264. The van der Waals surface area contributed by atoms with Crippen LogP contribution in [0.5, 0.6) is 5.75 Å².